The Hall–Kier alpha value is -2.30. The van der Waals surface area contributed by atoms with Crippen LogP contribution >= 0.6 is 0 Å². The van der Waals surface area contributed by atoms with Crippen LogP contribution in [0.5, 0.6) is 5.75 Å². The Morgan fingerprint density at radius 2 is 1.78 bits per heavy atom. The number of hydrogen-bond acceptors (Lipinski definition) is 4. The third kappa shape index (κ3) is 3.55. The van der Waals surface area contributed by atoms with Gasteiger partial charge in [-0.3, -0.25) is 0 Å². The van der Waals surface area contributed by atoms with Crippen LogP contribution in [0.4, 0.5) is 0 Å². The second kappa shape index (κ2) is 6.86. The number of aromatic hydroxyl groups is 1. The van der Waals surface area contributed by atoms with Gasteiger partial charge in [0.05, 0.1) is 6.26 Å². The molecule has 4 heteroatoms. The summed E-state index contributed by atoms with van der Waals surface area (Å²) in [5, 5.41) is 24.9. The normalized spacial score (nSPS) is 14.0. The van der Waals surface area contributed by atoms with Crippen molar-refractivity contribution in [3.8, 4) is 5.75 Å². The predicted molar refractivity (Wildman–Crippen MR) is 90.6 cm³/mol. The van der Waals surface area contributed by atoms with Crippen LogP contribution in [0.2, 0.25) is 0 Å². The molecule has 23 heavy (non-hydrogen) atoms. The second-order valence-electron chi connectivity index (χ2n) is 5.85. The van der Waals surface area contributed by atoms with Crippen molar-refractivity contribution >= 4 is 10.8 Å². The molecular weight excluding hydrogens is 290 g/mol. The van der Waals surface area contributed by atoms with Gasteiger partial charge in [0.1, 0.15) is 17.6 Å². The molecule has 0 amide bonds. The van der Waals surface area contributed by atoms with Crippen LogP contribution in [-0.2, 0) is 0 Å². The van der Waals surface area contributed by atoms with Gasteiger partial charge in [-0.1, -0.05) is 43.3 Å². The molecule has 0 bridgehead atoms. The molecule has 1 aromatic heterocycles. The molecule has 0 aliphatic carbocycles. The zero-order valence-electron chi connectivity index (χ0n) is 13.1. The molecule has 2 unspecified atom stereocenters. The van der Waals surface area contributed by atoms with Crippen molar-refractivity contribution in [3.05, 3.63) is 66.1 Å². The fourth-order valence-corrected chi connectivity index (χ4v) is 2.72. The number of phenols is 1. The molecule has 0 saturated heterocycles. The standard InChI is InChI=1S/C19H21NO3/c1-13(14-6-8-16(21)9-7-14)10-20-11-18(22)19-17-5-3-2-4-15(17)12-23-19/h2-9,12-13,18,20-22H,10-11H2,1H3. The lowest BCUT2D eigenvalue weighted by Gasteiger charge is -2.15. The zero-order valence-corrected chi connectivity index (χ0v) is 13.1. The monoisotopic (exact) mass is 311 g/mol. The van der Waals surface area contributed by atoms with E-state index in [1.807, 2.05) is 36.4 Å². The largest absolute Gasteiger partial charge is 0.508 e. The van der Waals surface area contributed by atoms with Gasteiger partial charge in [0.25, 0.3) is 0 Å². The van der Waals surface area contributed by atoms with Gasteiger partial charge in [-0.2, -0.15) is 0 Å². The summed E-state index contributed by atoms with van der Waals surface area (Å²) in [6, 6.07) is 15.0. The summed E-state index contributed by atoms with van der Waals surface area (Å²) in [5.74, 6) is 1.16. The molecule has 0 saturated carbocycles. The highest BCUT2D eigenvalue weighted by molar-refractivity contribution is 5.84. The highest BCUT2D eigenvalue weighted by Gasteiger charge is 2.15. The maximum absolute atomic E-state index is 10.3. The average Bonchev–Trinajstić information content (AvgIpc) is 2.99. The maximum atomic E-state index is 10.3. The first-order chi connectivity index (χ1) is 11.1. The van der Waals surface area contributed by atoms with E-state index in [0.717, 1.165) is 22.9 Å². The lowest BCUT2D eigenvalue weighted by atomic mass is 10.0. The summed E-state index contributed by atoms with van der Waals surface area (Å²) in [7, 11) is 0. The van der Waals surface area contributed by atoms with Gasteiger partial charge < -0.3 is 19.9 Å². The van der Waals surface area contributed by atoms with Crippen molar-refractivity contribution in [1.29, 1.82) is 0 Å². The smallest absolute Gasteiger partial charge is 0.141 e. The van der Waals surface area contributed by atoms with Gasteiger partial charge >= 0.3 is 0 Å². The molecule has 4 nitrogen and oxygen atoms in total. The second-order valence-corrected chi connectivity index (χ2v) is 5.85. The molecule has 1 heterocycles. The van der Waals surface area contributed by atoms with Crippen LogP contribution in [0.3, 0.4) is 0 Å². The van der Waals surface area contributed by atoms with E-state index in [2.05, 4.69) is 12.2 Å². The van der Waals surface area contributed by atoms with Gasteiger partial charge in [0.2, 0.25) is 0 Å². The minimum Gasteiger partial charge on any atom is -0.508 e. The van der Waals surface area contributed by atoms with E-state index in [0.29, 0.717) is 12.3 Å². The van der Waals surface area contributed by atoms with Gasteiger partial charge in [-0.15, -0.1) is 0 Å². The summed E-state index contributed by atoms with van der Waals surface area (Å²) in [6.45, 7) is 3.27. The van der Waals surface area contributed by atoms with Crippen LogP contribution < -0.4 is 5.32 Å². The number of fused-ring (bicyclic) bond motifs is 1. The Morgan fingerprint density at radius 1 is 1.04 bits per heavy atom. The number of furan rings is 1. The summed E-state index contributed by atoms with van der Waals surface area (Å²) < 4.78 is 5.51. The molecule has 0 aliphatic rings. The Balaban J connectivity index is 1.57. The highest BCUT2D eigenvalue weighted by Crippen LogP contribution is 2.26. The molecular formula is C19H21NO3. The first kappa shape index (κ1) is 15.6. The van der Waals surface area contributed by atoms with E-state index in [1.165, 1.54) is 0 Å². The quantitative estimate of drug-likeness (QED) is 0.651. The minimum absolute atomic E-state index is 0.272. The number of nitrogens with one attached hydrogen (secondary N) is 1. The van der Waals surface area contributed by atoms with Gasteiger partial charge in [-0.05, 0) is 23.6 Å². The van der Waals surface area contributed by atoms with Crippen molar-refractivity contribution in [2.24, 2.45) is 0 Å². The summed E-state index contributed by atoms with van der Waals surface area (Å²) in [4.78, 5) is 0. The number of hydrogen-bond donors (Lipinski definition) is 3. The first-order valence-corrected chi connectivity index (χ1v) is 7.79. The van der Waals surface area contributed by atoms with E-state index in [-0.39, 0.29) is 11.7 Å². The Kier molecular flexibility index (Phi) is 4.65. The van der Waals surface area contributed by atoms with Crippen LogP contribution in [0, 0.1) is 0 Å². The Morgan fingerprint density at radius 3 is 2.57 bits per heavy atom. The molecule has 0 fully saturated rings. The van der Waals surface area contributed by atoms with Crippen molar-refractivity contribution in [2.45, 2.75) is 18.9 Å². The van der Waals surface area contributed by atoms with E-state index < -0.39 is 6.10 Å². The number of phenolic OH excluding ortho intramolecular Hbond substituents is 1. The molecule has 2 aromatic carbocycles. The van der Waals surface area contributed by atoms with Crippen molar-refractivity contribution < 1.29 is 14.6 Å². The highest BCUT2D eigenvalue weighted by atomic mass is 16.4. The fraction of sp³-hybridized carbons (Fsp3) is 0.263. The van der Waals surface area contributed by atoms with Gasteiger partial charge in [0, 0.05) is 23.9 Å². The third-order valence-corrected chi connectivity index (χ3v) is 4.09. The Labute approximate surface area is 135 Å². The molecule has 0 aliphatic heterocycles. The molecule has 120 valence electrons. The van der Waals surface area contributed by atoms with Crippen molar-refractivity contribution in [3.63, 3.8) is 0 Å². The Bertz CT molecular complexity index is 764. The molecule has 3 aromatic rings. The fourth-order valence-electron chi connectivity index (χ4n) is 2.72. The predicted octanol–water partition coefficient (Wildman–Crippen LogP) is 3.57. The van der Waals surface area contributed by atoms with Gasteiger partial charge in [-0.25, -0.2) is 0 Å². The molecule has 0 radical (unpaired) electrons. The molecule has 0 spiro atoms. The summed E-state index contributed by atoms with van der Waals surface area (Å²) >= 11 is 0. The van der Waals surface area contributed by atoms with E-state index in [9.17, 15) is 10.2 Å². The number of benzene rings is 2. The van der Waals surface area contributed by atoms with Crippen molar-refractivity contribution in [1.82, 2.24) is 5.32 Å². The molecule has 2 atom stereocenters. The molecule has 3 N–H and O–H groups in total. The molecule has 3 rings (SSSR count). The maximum Gasteiger partial charge on any atom is 0.141 e. The lowest BCUT2D eigenvalue weighted by Crippen LogP contribution is -2.25. The summed E-state index contributed by atoms with van der Waals surface area (Å²) in [5.41, 5.74) is 1.15. The van der Waals surface area contributed by atoms with E-state index in [1.54, 1.807) is 18.4 Å². The number of aliphatic hydroxyl groups excluding tert-OH is 1. The first-order valence-electron chi connectivity index (χ1n) is 7.79. The van der Waals surface area contributed by atoms with Crippen LogP contribution in [0.15, 0.2) is 59.2 Å². The SMILES string of the molecule is CC(CNCC(O)c1occ2ccccc12)c1ccc(O)cc1. The van der Waals surface area contributed by atoms with Gasteiger partial charge in [0.15, 0.2) is 0 Å². The van der Waals surface area contributed by atoms with E-state index >= 15 is 0 Å². The lowest BCUT2D eigenvalue weighted by molar-refractivity contribution is 0.149. The number of rotatable bonds is 6. The van der Waals surface area contributed by atoms with Crippen LogP contribution in [0.25, 0.3) is 10.8 Å². The average molecular weight is 311 g/mol. The summed E-state index contributed by atoms with van der Waals surface area (Å²) in [6.07, 6.45) is 0.995. The number of aliphatic hydroxyl groups is 1. The zero-order chi connectivity index (χ0) is 16.2. The topological polar surface area (TPSA) is 65.6 Å². The van der Waals surface area contributed by atoms with Crippen LogP contribution in [-0.4, -0.2) is 23.3 Å². The third-order valence-electron chi connectivity index (χ3n) is 4.09. The van der Waals surface area contributed by atoms with Crippen molar-refractivity contribution in [2.75, 3.05) is 13.1 Å². The minimum atomic E-state index is -0.679. The van der Waals surface area contributed by atoms with Crippen LogP contribution in [0.1, 0.15) is 30.3 Å². The van der Waals surface area contributed by atoms with E-state index in [4.69, 9.17) is 4.42 Å².